The Morgan fingerprint density at radius 1 is 1.32 bits per heavy atom. The van der Waals surface area contributed by atoms with E-state index in [0.29, 0.717) is 18.5 Å². The molecule has 2 aliphatic heterocycles. The smallest absolute Gasteiger partial charge is 0.234 e. The summed E-state index contributed by atoms with van der Waals surface area (Å²) in [6, 6.07) is 0.303. The van der Waals surface area contributed by atoms with Gasteiger partial charge in [0.15, 0.2) is 0 Å². The van der Waals surface area contributed by atoms with Crippen molar-refractivity contribution < 1.29 is 9.53 Å². The molecule has 3 heterocycles. The first kappa shape index (κ1) is 16.7. The summed E-state index contributed by atoms with van der Waals surface area (Å²) in [5.41, 5.74) is 2.30. The molecule has 1 N–H and O–H groups in total. The van der Waals surface area contributed by atoms with E-state index in [0.717, 1.165) is 57.3 Å². The van der Waals surface area contributed by atoms with E-state index in [1.54, 1.807) is 6.33 Å². The molecule has 1 aromatic rings. The van der Waals surface area contributed by atoms with Gasteiger partial charge in [0.1, 0.15) is 12.1 Å². The fraction of sp³-hybridized carbons (Fsp3) is 0.722. The molecule has 0 radical (unpaired) electrons. The molecule has 2 fully saturated rings. The molecule has 0 aromatic carbocycles. The standard InChI is InChI=1S/C18H27N5O2/c1-13(14-2-3-14)21-17(24)11-22-5-4-16-15(10-22)18(20-12-19-16)23-6-8-25-9-7-23/h12-14H,2-11H2,1H3,(H,21,24)/t13-/m0/s1. The maximum Gasteiger partial charge on any atom is 0.234 e. The lowest BCUT2D eigenvalue weighted by atomic mass is 10.1. The highest BCUT2D eigenvalue weighted by Gasteiger charge is 2.30. The van der Waals surface area contributed by atoms with Gasteiger partial charge in [-0.2, -0.15) is 0 Å². The molecular formula is C18H27N5O2. The van der Waals surface area contributed by atoms with Crippen molar-refractivity contribution in [2.24, 2.45) is 5.92 Å². The molecule has 136 valence electrons. The van der Waals surface area contributed by atoms with Crippen LogP contribution in [0, 0.1) is 5.92 Å². The highest BCUT2D eigenvalue weighted by atomic mass is 16.5. The molecule has 1 aromatic heterocycles. The van der Waals surface area contributed by atoms with Crippen LogP contribution in [-0.2, 0) is 22.5 Å². The Morgan fingerprint density at radius 2 is 2.12 bits per heavy atom. The zero-order chi connectivity index (χ0) is 17.2. The largest absolute Gasteiger partial charge is 0.378 e. The van der Waals surface area contributed by atoms with Gasteiger partial charge in [-0.1, -0.05) is 0 Å². The second-order valence-electron chi connectivity index (χ2n) is 7.38. The predicted molar refractivity (Wildman–Crippen MR) is 94.4 cm³/mol. The van der Waals surface area contributed by atoms with Crippen molar-refractivity contribution in [1.29, 1.82) is 0 Å². The van der Waals surface area contributed by atoms with Crippen LogP contribution in [0.5, 0.6) is 0 Å². The first-order valence-electron chi connectivity index (χ1n) is 9.38. The van der Waals surface area contributed by atoms with E-state index < -0.39 is 0 Å². The number of hydrogen-bond acceptors (Lipinski definition) is 6. The topological polar surface area (TPSA) is 70.6 Å². The van der Waals surface area contributed by atoms with Crippen molar-refractivity contribution >= 4 is 11.7 Å². The number of morpholine rings is 1. The summed E-state index contributed by atoms with van der Waals surface area (Å²) in [4.78, 5) is 25.8. The molecule has 1 atom stereocenters. The minimum atomic E-state index is 0.132. The zero-order valence-electron chi connectivity index (χ0n) is 14.9. The average molecular weight is 345 g/mol. The van der Waals surface area contributed by atoms with Gasteiger partial charge in [0.25, 0.3) is 0 Å². The van der Waals surface area contributed by atoms with Gasteiger partial charge in [-0.05, 0) is 25.7 Å². The Bertz CT molecular complexity index is 628. The zero-order valence-corrected chi connectivity index (χ0v) is 14.9. The molecule has 3 aliphatic rings. The Labute approximate surface area is 148 Å². The summed E-state index contributed by atoms with van der Waals surface area (Å²) >= 11 is 0. The van der Waals surface area contributed by atoms with Gasteiger partial charge in [-0.25, -0.2) is 9.97 Å². The molecular weight excluding hydrogens is 318 g/mol. The average Bonchev–Trinajstić information content (AvgIpc) is 3.47. The van der Waals surface area contributed by atoms with E-state index >= 15 is 0 Å². The SMILES string of the molecule is C[C@H](NC(=O)CN1CCc2ncnc(N3CCOCC3)c2C1)C1CC1. The molecule has 0 bridgehead atoms. The lowest BCUT2D eigenvalue weighted by Gasteiger charge is -2.33. The van der Waals surface area contributed by atoms with Crippen LogP contribution in [0.1, 0.15) is 31.0 Å². The van der Waals surface area contributed by atoms with Crippen LogP contribution in [0.25, 0.3) is 0 Å². The van der Waals surface area contributed by atoms with Gasteiger partial charge in [0, 0.05) is 44.2 Å². The second-order valence-corrected chi connectivity index (χ2v) is 7.38. The molecule has 0 unspecified atom stereocenters. The van der Waals surface area contributed by atoms with Crippen molar-refractivity contribution in [2.45, 2.75) is 38.8 Å². The van der Waals surface area contributed by atoms with E-state index in [2.05, 4.69) is 32.0 Å². The number of nitrogens with zero attached hydrogens (tertiary/aromatic N) is 4. The van der Waals surface area contributed by atoms with Crippen molar-refractivity contribution in [3.05, 3.63) is 17.6 Å². The lowest BCUT2D eigenvalue weighted by Crippen LogP contribution is -2.44. The highest BCUT2D eigenvalue weighted by molar-refractivity contribution is 5.78. The molecule has 7 nitrogen and oxygen atoms in total. The molecule has 4 rings (SSSR count). The number of anilines is 1. The molecule has 1 saturated heterocycles. The van der Waals surface area contributed by atoms with Gasteiger partial charge in [-0.15, -0.1) is 0 Å². The number of carbonyl (C=O) groups excluding carboxylic acids is 1. The Balaban J connectivity index is 1.41. The summed E-state index contributed by atoms with van der Waals surface area (Å²) < 4.78 is 5.45. The first-order chi connectivity index (χ1) is 12.2. The molecule has 1 saturated carbocycles. The number of rotatable bonds is 5. The van der Waals surface area contributed by atoms with E-state index in [4.69, 9.17) is 4.74 Å². The molecule has 1 amide bonds. The van der Waals surface area contributed by atoms with Gasteiger partial charge < -0.3 is 15.0 Å². The fourth-order valence-corrected chi connectivity index (χ4v) is 3.78. The minimum Gasteiger partial charge on any atom is -0.378 e. The quantitative estimate of drug-likeness (QED) is 0.842. The van der Waals surface area contributed by atoms with Crippen LogP contribution in [0.15, 0.2) is 6.33 Å². The second kappa shape index (κ2) is 7.25. The fourth-order valence-electron chi connectivity index (χ4n) is 3.78. The van der Waals surface area contributed by atoms with Crippen molar-refractivity contribution in [3.8, 4) is 0 Å². The Kier molecular flexibility index (Phi) is 4.85. The van der Waals surface area contributed by atoms with Gasteiger partial charge in [0.05, 0.1) is 25.5 Å². The number of nitrogens with one attached hydrogen (secondary N) is 1. The van der Waals surface area contributed by atoms with Crippen LogP contribution in [-0.4, -0.2) is 66.2 Å². The maximum absolute atomic E-state index is 12.3. The van der Waals surface area contributed by atoms with Crippen molar-refractivity contribution in [3.63, 3.8) is 0 Å². The van der Waals surface area contributed by atoms with Crippen molar-refractivity contribution in [1.82, 2.24) is 20.2 Å². The number of hydrogen-bond donors (Lipinski definition) is 1. The number of amides is 1. The van der Waals surface area contributed by atoms with E-state index in [1.807, 2.05) is 0 Å². The monoisotopic (exact) mass is 345 g/mol. The summed E-state index contributed by atoms with van der Waals surface area (Å²) in [7, 11) is 0. The normalized spacial score (nSPS) is 22.4. The third-order valence-electron chi connectivity index (χ3n) is 5.45. The Morgan fingerprint density at radius 3 is 2.88 bits per heavy atom. The third-order valence-corrected chi connectivity index (χ3v) is 5.45. The summed E-state index contributed by atoms with van der Waals surface area (Å²) in [6.07, 6.45) is 5.04. The first-order valence-corrected chi connectivity index (χ1v) is 9.38. The summed E-state index contributed by atoms with van der Waals surface area (Å²) in [5.74, 6) is 1.84. The molecule has 7 heteroatoms. The van der Waals surface area contributed by atoms with Crippen LogP contribution in [0.2, 0.25) is 0 Å². The highest BCUT2D eigenvalue weighted by Crippen LogP contribution is 2.32. The van der Waals surface area contributed by atoms with E-state index in [1.165, 1.54) is 18.4 Å². The van der Waals surface area contributed by atoms with E-state index in [-0.39, 0.29) is 5.91 Å². The van der Waals surface area contributed by atoms with Crippen molar-refractivity contribution in [2.75, 3.05) is 44.3 Å². The minimum absolute atomic E-state index is 0.132. The summed E-state index contributed by atoms with van der Waals surface area (Å²) in [6.45, 7) is 7.39. The molecule has 0 spiro atoms. The van der Waals surface area contributed by atoms with E-state index in [9.17, 15) is 4.79 Å². The third kappa shape index (κ3) is 3.93. The van der Waals surface area contributed by atoms with Crippen LogP contribution >= 0.6 is 0 Å². The molecule has 25 heavy (non-hydrogen) atoms. The lowest BCUT2D eigenvalue weighted by molar-refractivity contribution is -0.123. The number of aromatic nitrogens is 2. The number of carbonyl (C=O) groups is 1. The van der Waals surface area contributed by atoms with Gasteiger partial charge in [-0.3, -0.25) is 9.69 Å². The molecule has 1 aliphatic carbocycles. The summed E-state index contributed by atoms with van der Waals surface area (Å²) in [5, 5.41) is 3.15. The Hall–Kier alpha value is -1.73. The number of ether oxygens (including phenoxy) is 1. The predicted octanol–water partition coefficient (Wildman–Crippen LogP) is 0.586. The van der Waals surface area contributed by atoms with Gasteiger partial charge in [0.2, 0.25) is 5.91 Å². The van der Waals surface area contributed by atoms with Crippen LogP contribution < -0.4 is 10.2 Å². The van der Waals surface area contributed by atoms with Gasteiger partial charge >= 0.3 is 0 Å². The van der Waals surface area contributed by atoms with Crippen LogP contribution in [0.4, 0.5) is 5.82 Å². The van der Waals surface area contributed by atoms with Crippen LogP contribution in [0.3, 0.4) is 0 Å². The maximum atomic E-state index is 12.3. The number of fused-ring (bicyclic) bond motifs is 1.